The van der Waals surface area contributed by atoms with Gasteiger partial charge in [0.2, 0.25) is 0 Å². The maximum Gasteiger partial charge on any atom is 0.0538 e. The van der Waals surface area contributed by atoms with Gasteiger partial charge >= 0.3 is 0 Å². The van der Waals surface area contributed by atoms with E-state index in [0.717, 1.165) is 23.1 Å². The Balaban J connectivity index is 2.41. The SMILES string of the molecule is NCCCNc1cncc(Br)c1. The first kappa shape index (κ1) is 9.48. The Morgan fingerprint density at radius 3 is 3.00 bits per heavy atom. The molecule has 0 bridgehead atoms. The fourth-order valence-corrected chi connectivity index (χ4v) is 1.21. The molecule has 0 aliphatic rings. The number of nitrogens with two attached hydrogens (primary N) is 1. The van der Waals surface area contributed by atoms with Crippen molar-refractivity contribution in [2.24, 2.45) is 5.73 Å². The summed E-state index contributed by atoms with van der Waals surface area (Å²) in [5, 5.41) is 3.21. The van der Waals surface area contributed by atoms with Crippen LogP contribution >= 0.6 is 15.9 Å². The van der Waals surface area contributed by atoms with Gasteiger partial charge in [-0.3, -0.25) is 4.98 Å². The third kappa shape index (κ3) is 3.19. The van der Waals surface area contributed by atoms with Gasteiger partial charge in [0.15, 0.2) is 0 Å². The van der Waals surface area contributed by atoms with Crippen LogP contribution in [0.4, 0.5) is 5.69 Å². The summed E-state index contributed by atoms with van der Waals surface area (Å²) >= 11 is 3.34. The zero-order valence-corrected chi connectivity index (χ0v) is 8.34. The quantitative estimate of drug-likeness (QED) is 0.772. The third-order valence-corrected chi connectivity index (χ3v) is 1.85. The van der Waals surface area contributed by atoms with Crippen molar-refractivity contribution in [3.05, 3.63) is 22.9 Å². The third-order valence-electron chi connectivity index (χ3n) is 1.41. The monoisotopic (exact) mass is 229 g/mol. The highest BCUT2D eigenvalue weighted by molar-refractivity contribution is 9.10. The smallest absolute Gasteiger partial charge is 0.0538 e. The van der Waals surface area contributed by atoms with Crippen molar-refractivity contribution >= 4 is 21.6 Å². The summed E-state index contributed by atoms with van der Waals surface area (Å²) in [6, 6.07) is 1.99. The molecule has 4 heteroatoms. The lowest BCUT2D eigenvalue weighted by atomic mass is 10.4. The fraction of sp³-hybridized carbons (Fsp3) is 0.375. The number of halogens is 1. The summed E-state index contributed by atoms with van der Waals surface area (Å²) in [4.78, 5) is 4.02. The molecule has 3 N–H and O–H groups in total. The fourth-order valence-electron chi connectivity index (χ4n) is 0.843. The Labute approximate surface area is 80.5 Å². The summed E-state index contributed by atoms with van der Waals surface area (Å²) in [6.45, 7) is 1.61. The van der Waals surface area contributed by atoms with E-state index in [1.165, 1.54) is 0 Å². The second kappa shape index (κ2) is 5.11. The molecule has 0 aromatic carbocycles. The average Bonchev–Trinajstić information content (AvgIpc) is 2.05. The molecule has 0 saturated carbocycles. The van der Waals surface area contributed by atoms with Gasteiger partial charge in [-0.05, 0) is 35.0 Å². The van der Waals surface area contributed by atoms with Crippen molar-refractivity contribution in [3.63, 3.8) is 0 Å². The zero-order chi connectivity index (χ0) is 8.81. The molecule has 0 spiro atoms. The first-order valence-corrected chi connectivity index (χ1v) is 4.66. The summed E-state index contributed by atoms with van der Waals surface area (Å²) in [7, 11) is 0. The van der Waals surface area contributed by atoms with Crippen LogP contribution in [0.5, 0.6) is 0 Å². The van der Waals surface area contributed by atoms with E-state index in [0.29, 0.717) is 6.54 Å². The van der Waals surface area contributed by atoms with Gasteiger partial charge in [-0.25, -0.2) is 0 Å². The molecule has 1 aromatic heterocycles. The van der Waals surface area contributed by atoms with Crippen molar-refractivity contribution in [3.8, 4) is 0 Å². The van der Waals surface area contributed by atoms with Gasteiger partial charge in [-0.1, -0.05) is 0 Å². The molecule has 1 aromatic rings. The van der Waals surface area contributed by atoms with Gasteiger partial charge in [-0.2, -0.15) is 0 Å². The van der Waals surface area contributed by atoms with Crippen LogP contribution < -0.4 is 11.1 Å². The minimum atomic E-state index is 0.717. The molecule has 0 radical (unpaired) electrons. The largest absolute Gasteiger partial charge is 0.384 e. The van der Waals surface area contributed by atoms with E-state index in [4.69, 9.17) is 5.73 Å². The molecule has 0 aliphatic carbocycles. The van der Waals surface area contributed by atoms with E-state index < -0.39 is 0 Å². The Hall–Kier alpha value is -0.610. The molecular formula is C8H12BrN3. The Bertz CT molecular complexity index is 239. The van der Waals surface area contributed by atoms with E-state index in [1.807, 2.05) is 6.07 Å². The standard InChI is InChI=1S/C8H12BrN3/c9-7-4-8(6-11-5-7)12-3-1-2-10/h4-6,12H,1-3,10H2. The van der Waals surface area contributed by atoms with Crippen molar-refractivity contribution in [2.45, 2.75) is 6.42 Å². The zero-order valence-electron chi connectivity index (χ0n) is 6.76. The molecule has 0 aliphatic heterocycles. The van der Waals surface area contributed by atoms with Crippen LogP contribution in [0, 0.1) is 0 Å². The topological polar surface area (TPSA) is 50.9 Å². The molecule has 1 rings (SSSR count). The van der Waals surface area contributed by atoms with Crippen LogP contribution in [-0.2, 0) is 0 Å². The summed E-state index contributed by atoms with van der Waals surface area (Å²) in [6.07, 6.45) is 4.53. The molecule has 1 heterocycles. The van der Waals surface area contributed by atoms with E-state index in [-0.39, 0.29) is 0 Å². The Morgan fingerprint density at radius 2 is 2.33 bits per heavy atom. The maximum atomic E-state index is 5.36. The van der Waals surface area contributed by atoms with Crippen LogP contribution in [0.2, 0.25) is 0 Å². The minimum absolute atomic E-state index is 0.717. The number of hydrogen-bond donors (Lipinski definition) is 2. The number of pyridine rings is 1. The van der Waals surface area contributed by atoms with E-state index in [9.17, 15) is 0 Å². The lowest BCUT2D eigenvalue weighted by Crippen LogP contribution is -2.08. The van der Waals surface area contributed by atoms with Crippen molar-refractivity contribution < 1.29 is 0 Å². The molecule has 0 amide bonds. The number of nitrogens with zero attached hydrogens (tertiary/aromatic N) is 1. The lowest BCUT2D eigenvalue weighted by Gasteiger charge is -2.04. The van der Waals surface area contributed by atoms with Crippen LogP contribution in [0.3, 0.4) is 0 Å². The highest BCUT2D eigenvalue weighted by Gasteiger charge is 1.91. The summed E-state index contributed by atoms with van der Waals surface area (Å²) < 4.78 is 0.986. The normalized spacial score (nSPS) is 9.83. The van der Waals surface area contributed by atoms with Gasteiger partial charge in [0.1, 0.15) is 0 Å². The highest BCUT2D eigenvalue weighted by atomic mass is 79.9. The van der Waals surface area contributed by atoms with E-state index in [1.54, 1.807) is 12.4 Å². The minimum Gasteiger partial charge on any atom is -0.384 e. The Morgan fingerprint density at radius 1 is 1.50 bits per heavy atom. The first-order chi connectivity index (χ1) is 5.83. The van der Waals surface area contributed by atoms with E-state index >= 15 is 0 Å². The lowest BCUT2D eigenvalue weighted by molar-refractivity contribution is 0.873. The van der Waals surface area contributed by atoms with Gasteiger partial charge in [0.05, 0.1) is 11.9 Å². The van der Waals surface area contributed by atoms with E-state index in [2.05, 4.69) is 26.2 Å². The predicted molar refractivity (Wildman–Crippen MR) is 54.1 cm³/mol. The van der Waals surface area contributed by atoms with Crippen molar-refractivity contribution in [2.75, 3.05) is 18.4 Å². The molecule has 0 unspecified atom stereocenters. The molecule has 0 fully saturated rings. The molecule has 12 heavy (non-hydrogen) atoms. The first-order valence-electron chi connectivity index (χ1n) is 3.87. The number of anilines is 1. The molecule has 0 saturated heterocycles. The van der Waals surface area contributed by atoms with Gasteiger partial charge in [0, 0.05) is 17.2 Å². The summed E-state index contributed by atoms with van der Waals surface area (Å²) in [5.74, 6) is 0. The average molecular weight is 230 g/mol. The second-order valence-corrected chi connectivity index (χ2v) is 3.38. The molecule has 66 valence electrons. The van der Waals surface area contributed by atoms with Crippen LogP contribution in [0.25, 0.3) is 0 Å². The number of nitrogens with one attached hydrogen (secondary N) is 1. The van der Waals surface area contributed by atoms with Crippen LogP contribution in [-0.4, -0.2) is 18.1 Å². The summed E-state index contributed by atoms with van der Waals surface area (Å²) in [5.41, 5.74) is 6.38. The molecular weight excluding hydrogens is 218 g/mol. The number of aromatic nitrogens is 1. The van der Waals surface area contributed by atoms with Gasteiger partial charge < -0.3 is 11.1 Å². The number of rotatable bonds is 4. The van der Waals surface area contributed by atoms with Gasteiger partial charge in [0.25, 0.3) is 0 Å². The van der Waals surface area contributed by atoms with Crippen LogP contribution in [0.1, 0.15) is 6.42 Å². The van der Waals surface area contributed by atoms with Gasteiger partial charge in [-0.15, -0.1) is 0 Å². The molecule has 0 atom stereocenters. The van der Waals surface area contributed by atoms with Crippen molar-refractivity contribution in [1.82, 2.24) is 4.98 Å². The molecule has 3 nitrogen and oxygen atoms in total. The maximum absolute atomic E-state index is 5.36. The second-order valence-electron chi connectivity index (χ2n) is 2.46. The van der Waals surface area contributed by atoms with Crippen molar-refractivity contribution in [1.29, 1.82) is 0 Å². The Kier molecular flexibility index (Phi) is 4.04. The highest BCUT2D eigenvalue weighted by Crippen LogP contribution is 2.13. The number of hydrogen-bond acceptors (Lipinski definition) is 3. The predicted octanol–water partition coefficient (Wildman–Crippen LogP) is 1.60. The van der Waals surface area contributed by atoms with Crippen LogP contribution in [0.15, 0.2) is 22.9 Å².